The molecule has 0 aliphatic heterocycles. The lowest BCUT2D eigenvalue weighted by atomic mass is 10.1. The number of nitrogens with zero attached hydrogens (tertiary/aromatic N) is 3. The van der Waals surface area contributed by atoms with Crippen molar-refractivity contribution in [2.75, 3.05) is 17.7 Å². The smallest absolute Gasteiger partial charge is 0.303 e. The second-order valence-electron chi connectivity index (χ2n) is 6.24. The lowest BCUT2D eigenvalue weighted by Gasteiger charge is -2.16. The van der Waals surface area contributed by atoms with Crippen LogP contribution in [0, 0.1) is 0 Å². The van der Waals surface area contributed by atoms with Crippen LogP contribution in [-0.2, 0) is 10.7 Å². The molecule has 0 saturated heterocycles. The fourth-order valence-corrected chi connectivity index (χ4v) is 2.49. The van der Waals surface area contributed by atoms with Gasteiger partial charge in [0.1, 0.15) is 5.82 Å². The second-order valence-corrected chi connectivity index (χ2v) is 6.24. The molecule has 0 unspecified atom stereocenters. The van der Waals surface area contributed by atoms with Gasteiger partial charge in [-0.15, -0.1) is 0 Å². The fraction of sp³-hybridized carbons (Fsp3) is 0.412. The molecule has 138 valence electrons. The largest absolute Gasteiger partial charge is 0.491 e. The zero-order chi connectivity index (χ0) is 18.9. The minimum Gasteiger partial charge on any atom is -0.491 e. The van der Waals surface area contributed by atoms with Crippen molar-refractivity contribution >= 4 is 23.2 Å². The summed E-state index contributed by atoms with van der Waals surface area (Å²) in [6.07, 6.45) is 4.92. The van der Waals surface area contributed by atoms with E-state index in [2.05, 4.69) is 25.6 Å². The van der Waals surface area contributed by atoms with E-state index in [1.807, 2.05) is 0 Å². The third kappa shape index (κ3) is 4.04. The topological polar surface area (TPSA) is 89.0 Å². The van der Waals surface area contributed by atoms with Crippen LogP contribution in [0.1, 0.15) is 44.0 Å². The molecule has 1 fully saturated rings. The summed E-state index contributed by atoms with van der Waals surface area (Å²) in [5, 5.41) is 5.65. The number of pyridine rings is 1. The Bertz CT molecular complexity index is 834. The third-order valence-electron chi connectivity index (χ3n) is 3.88. The van der Waals surface area contributed by atoms with Crippen LogP contribution in [0.4, 0.5) is 26.1 Å². The van der Waals surface area contributed by atoms with Gasteiger partial charge >= 0.3 is 5.92 Å². The maximum Gasteiger partial charge on any atom is 0.303 e. The van der Waals surface area contributed by atoms with Crippen LogP contribution in [0.2, 0.25) is 0 Å². The number of alkyl halides is 2. The van der Waals surface area contributed by atoms with Crippen molar-refractivity contribution in [3.63, 3.8) is 0 Å². The minimum absolute atomic E-state index is 0.126. The number of carbonyl (C=O) groups is 1. The summed E-state index contributed by atoms with van der Waals surface area (Å²) in [6, 6.07) is 1.65. The van der Waals surface area contributed by atoms with E-state index >= 15 is 0 Å². The van der Waals surface area contributed by atoms with Gasteiger partial charge in [-0.3, -0.25) is 4.79 Å². The van der Waals surface area contributed by atoms with Crippen molar-refractivity contribution < 1.29 is 18.3 Å². The highest BCUT2D eigenvalue weighted by molar-refractivity contribution is 5.88. The highest BCUT2D eigenvalue weighted by atomic mass is 19.3. The van der Waals surface area contributed by atoms with Crippen LogP contribution in [0.3, 0.4) is 0 Å². The molecule has 3 rings (SSSR count). The van der Waals surface area contributed by atoms with Gasteiger partial charge in [0, 0.05) is 31.8 Å². The van der Waals surface area contributed by atoms with Gasteiger partial charge in [0.2, 0.25) is 11.7 Å². The zero-order valence-electron chi connectivity index (χ0n) is 14.6. The van der Waals surface area contributed by atoms with Gasteiger partial charge < -0.3 is 15.4 Å². The Labute approximate surface area is 149 Å². The lowest BCUT2D eigenvalue weighted by Crippen LogP contribution is -2.14. The Kier molecular flexibility index (Phi) is 4.71. The van der Waals surface area contributed by atoms with E-state index in [0.717, 1.165) is 25.3 Å². The van der Waals surface area contributed by atoms with Crippen LogP contribution < -0.4 is 15.4 Å². The molecule has 0 spiro atoms. The summed E-state index contributed by atoms with van der Waals surface area (Å²) < 4.78 is 32.3. The summed E-state index contributed by atoms with van der Waals surface area (Å²) in [6.45, 7) is 2.11. The zero-order valence-corrected chi connectivity index (χ0v) is 14.6. The molecule has 0 aromatic carbocycles. The first-order valence-corrected chi connectivity index (χ1v) is 8.12. The van der Waals surface area contributed by atoms with E-state index in [1.54, 1.807) is 12.3 Å². The number of methoxy groups -OCH3 is 1. The summed E-state index contributed by atoms with van der Waals surface area (Å²) >= 11 is 0. The van der Waals surface area contributed by atoms with Crippen LogP contribution in [0.15, 0.2) is 18.5 Å². The Morgan fingerprint density at radius 1 is 1.31 bits per heavy atom. The molecule has 2 aromatic rings. The molecule has 1 aliphatic rings. The predicted molar refractivity (Wildman–Crippen MR) is 92.0 cm³/mol. The lowest BCUT2D eigenvalue weighted by molar-refractivity contribution is -0.114. The van der Waals surface area contributed by atoms with Crippen LogP contribution in [-0.4, -0.2) is 28.0 Å². The molecule has 26 heavy (non-hydrogen) atoms. The van der Waals surface area contributed by atoms with Gasteiger partial charge in [-0.1, -0.05) is 0 Å². The molecule has 1 amide bonds. The average molecular weight is 363 g/mol. The first kappa shape index (κ1) is 18.0. The number of aromatic nitrogens is 3. The third-order valence-corrected chi connectivity index (χ3v) is 3.88. The SMILES string of the molecule is COc1cnc(C(C)(F)F)nc1Nc1cc(NC(C)=O)ncc1C1CC1. The van der Waals surface area contributed by atoms with Gasteiger partial charge in [-0.2, -0.15) is 8.78 Å². The van der Waals surface area contributed by atoms with Gasteiger partial charge in [0.15, 0.2) is 11.6 Å². The molecular weight excluding hydrogens is 344 g/mol. The van der Waals surface area contributed by atoms with E-state index in [9.17, 15) is 13.6 Å². The van der Waals surface area contributed by atoms with Crippen molar-refractivity contribution in [3.05, 3.63) is 29.8 Å². The maximum atomic E-state index is 13.6. The number of carbonyl (C=O) groups excluding carboxylic acids is 1. The normalized spacial score (nSPS) is 14.0. The number of anilines is 3. The fourth-order valence-electron chi connectivity index (χ4n) is 2.49. The number of nitrogens with one attached hydrogen (secondary N) is 2. The predicted octanol–water partition coefficient (Wildman–Crippen LogP) is 3.57. The molecule has 2 N–H and O–H groups in total. The van der Waals surface area contributed by atoms with Gasteiger partial charge in [0.05, 0.1) is 13.3 Å². The number of rotatable bonds is 6. The van der Waals surface area contributed by atoms with Crippen molar-refractivity contribution in [2.24, 2.45) is 0 Å². The van der Waals surface area contributed by atoms with E-state index < -0.39 is 11.7 Å². The Balaban J connectivity index is 2.00. The number of ether oxygens (including phenoxy) is 1. The number of hydrogen-bond donors (Lipinski definition) is 2. The highest BCUT2D eigenvalue weighted by Gasteiger charge is 2.30. The summed E-state index contributed by atoms with van der Waals surface area (Å²) in [5.41, 5.74) is 1.57. The Morgan fingerprint density at radius 2 is 2.04 bits per heavy atom. The molecule has 7 nitrogen and oxygen atoms in total. The molecule has 0 radical (unpaired) electrons. The van der Waals surface area contributed by atoms with Crippen molar-refractivity contribution in [1.29, 1.82) is 0 Å². The first-order chi connectivity index (χ1) is 12.3. The van der Waals surface area contributed by atoms with Crippen LogP contribution in [0.25, 0.3) is 0 Å². The quantitative estimate of drug-likeness (QED) is 0.816. The van der Waals surface area contributed by atoms with E-state index in [4.69, 9.17) is 4.74 Å². The van der Waals surface area contributed by atoms with Gasteiger partial charge in [0.25, 0.3) is 0 Å². The molecule has 0 bridgehead atoms. The van der Waals surface area contributed by atoms with E-state index in [1.165, 1.54) is 20.2 Å². The Morgan fingerprint density at radius 3 is 2.62 bits per heavy atom. The molecular formula is C17H19F2N5O2. The number of hydrogen-bond acceptors (Lipinski definition) is 6. The van der Waals surface area contributed by atoms with Crippen molar-refractivity contribution in [1.82, 2.24) is 15.0 Å². The van der Waals surface area contributed by atoms with Gasteiger partial charge in [-0.05, 0) is 24.3 Å². The second kappa shape index (κ2) is 6.81. The summed E-state index contributed by atoms with van der Waals surface area (Å²) in [7, 11) is 1.41. The molecule has 2 heterocycles. The standard InChI is InChI=1S/C17H19F2N5O2/c1-9(25)22-14-6-12(11(7-20-14)10-4-5-10)23-15-13(26-3)8-21-16(24-15)17(2,18)19/h6-8,10H,4-5H2,1-3H3,(H2,20,21,22,23,24,25). The van der Waals surface area contributed by atoms with Crippen molar-refractivity contribution in [2.45, 2.75) is 38.5 Å². The molecule has 9 heteroatoms. The summed E-state index contributed by atoms with van der Waals surface area (Å²) in [4.78, 5) is 23.1. The molecule has 2 aromatic heterocycles. The monoisotopic (exact) mass is 363 g/mol. The van der Waals surface area contributed by atoms with Crippen molar-refractivity contribution in [3.8, 4) is 5.75 Å². The average Bonchev–Trinajstić information content (AvgIpc) is 3.38. The molecule has 1 aliphatic carbocycles. The van der Waals surface area contributed by atoms with E-state index in [0.29, 0.717) is 17.4 Å². The molecule has 0 atom stereocenters. The van der Waals surface area contributed by atoms with Crippen LogP contribution in [0.5, 0.6) is 5.75 Å². The highest BCUT2D eigenvalue weighted by Crippen LogP contribution is 2.44. The summed E-state index contributed by atoms with van der Waals surface area (Å²) in [5.74, 6) is -2.98. The Hall–Kier alpha value is -2.84. The minimum atomic E-state index is -3.18. The first-order valence-electron chi connectivity index (χ1n) is 8.12. The van der Waals surface area contributed by atoms with E-state index in [-0.39, 0.29) is 17.5 Å². The van der Waals surface area contributed by atoms with Crippen LogP contribution >= 0.6 is 0 Å². The maximum absolute atomic E-state index is 13.6. The number of amides is 1. The molecule has 1 saturated carbocycles. The number of halogens is 2. The van der Waals surface area contributed by atoms with Gasteiger partial charge in [-0.25, -0.2) is 15.0 Å².